The third-order valence-electron chi connectivity index (χ3n) is 8.10. The Morgan fingerprint density at radius 2 is 2.04 bits per heavy atom. The number of aliphatic hydroxyl groups is 1. The van der Waals surface area contributed by atoms with Gasteiger partial charge in [-0.3, -0.25) is 4.98 Å². The molecule has 0 amide bonds. The lowest BCUT2D eigenvalue weighted by molar-refractivity contribution is 0.0369. The van der Waals surface area contributed by atoms with Crippen LogP contribution in [0.1, 0.15) is 57.9 Å². The molecule has 0 bridgehead atoms. The highest BCUT2D eigenvalue weighted by Gasteiger charge is 2.54. The van der Waals surface area contributed by atoms with Crippen LogP contribution in [0.5, 0.6) is 0 Å². The molecule has 2 fully saturated rings. The lowest BCUT2D eigenvalue weighted by Gasteiger charge is -2.56. The molecule has 26 heavy (non-hydrogen) atoms. The quantitative estimate of drug-likeness (QED) is 0.698. The van der Waals surface area contributed by atoms with Gasteiger partial charge in [0.2, 0.25) is 0 Å². The topological polar surface area (TPSA) is 33.1 Å². The Hall–Kier alpha value is -1.67. The highest BCUT2D eigenvalue weighted by Crippen LogP contribution is 2.64. The summed E-state index contributed by atoms with van der Waals surface area (Å²) in [6.45, 7) is 4.93. The normalized spacial score (nSPS) is 41.3. The van der Waals surface area contributed by atoms with E-state index in [1.807, 2.05) is 18.5 Å². The minimum Gasteiger partial charge on any atom is -0.393 e. The van der Waals surface area contributed by atoms with Crippen molar-refractivity contribution in [1.82, 2.24) is 4.98 Å². The first-order valence-electron chi connectivity index (χ1n) is 10.2. The third-order valence-corrected chi connectivity index (χ3v) is 8.10. The third kappa shape index (κ3) is 2.18. The summed E-state index contributed by atoms with van der Waals surface area (Å²) in [4.78, 5) is 4.35. The molecule has 0 aromatic carbocycles. The Morgan fingerprint density at radius 3 is 2.85 bits per heavy atom. The molecule has 1 aromatic rings. The Labute approximate surface area is 156 Å². The molecule has 2 heteroatoms. The minimum atomic E-state index is -0.121. The molecular weight excluding hydrogens is 318 g/mol. The van der Waals surface area contributed by atoms with Crippen LogP contribution in [0.15, 0.2) is 53.9 Å². The largest absolute Gasteiger partial charge is 0.393 e. The Morgan fingerprint density at radius 1 is 1.15 bits per heavy atom. The monoisotopic (exact) mass is 347 g/mol. The van der Waals surface area contributed by atoms with Crippen molar-refractivity contribution < 1.29 is 5.11 Å². The van der Waals surface area contributed by atoms with Crippen molar-refractivity contribution in [3.05, 3.63) is 59.5 Å². The first-order chi connectivity index (χ1) is 12.5. The van der Waals surface area contributed by atoms with E-state index in [1.165, 1.54) is 24.0 Å². The lowest BCUT2D eigenvalue weighted by atomic mass is 9.49. The molecule has 5 rings (SSSR count). The number of hydrogen-bond donors (Lipinski definition) is 1. The van der Waals surface area contributed by atoms with Gasteiger partial charge < -0.3 is 5.11 Å². The molecule has 136 valence electrons. The zero-order chi connectivity index (χ0) is 17.9. The van der Waals surface area contributed by atoms with Gasteiger partial charge in [0.15, 0.2) is 0 Å². The first-order valence-corrected chi connectivity index (χ1v) is 10.2. The number of fused-ring (bicyclic) bond motifs is 5. The SMILES string of the molecule is C[C@]12CCC3C(CC=C4CC(O)CC[C@@]43C)C1=CC=C2c1cccnc1. The number of rotatable bonds is 1. The summed E-state index contributed by atoms with van der Waals surface area (Å²) in [5.74, 6) is 1.39. The highest BCUT2D eigenvalue weighted by atomic mass is 16.3. The van der Waals surface area contributed by atoms with Gasteiger partial charge in [-0.15, -0.1) is 0 Å². The summed E-state index contributed by atoms with van der Waals surface area (Å²) in [6.07, 6.45) is 17.7. The lowest BCUT2D eigenvalue weighted by Crippen LogP contribution is -2.47. The molecule has 0 spiro atoms. The van der Waals surface area contributed by atoms with Gasteiger partial charge in [0.25, 0.3) is 0 Å². The van der Waals surface area contributed by atoms with Crippen LogP contribution in [0.3, 0.4) is 0 Å². The second kappa shape index (κ2) is 5.66. The summed E-state index contributed by atoms with van der Waals surface area (Å²) < 4.78 is 0. The van der Waals surface area contributed by atoms with Crippen LogP contribution >= 0.6 is 0 Å². The van der Waals surface area contributed by atoms with Crippen LogP contribution in [-0.2, 0) is 0 Å². The van der Waals surface area contributed by atoms with E-state index in [0.29, 0.717) is 11.3 Å². The fourth-order valence-electron chi connectivity index (χ4n) is 6.59. The summed E-state index contributed by atoms with van der Waals surface area (Å²) in [7, 11) is 0. The van der Waals surface area contributed by atoms with E-state index >= 15 is 0 Å². The Kier molecular flexibility index (Phi) is 3.59. The van der Waals surface area contributed by atoms with Crippen LogP contribution in [0.4, 0.5) is 0 Å². The second-order valence-electron chi connectivity index (χ2n) is 9.31. The Bertz CT molecular complexity index is 820. The Balaban J connectivity index is 1.50. The average molecular weight is 348 g/mol. The second-order valence-corrected chi connectivity index (χ2v) is 9.31. The van der Waals surface area contributed by atoms with Crippen LogP contribution < -0.4 is 0 Å². The molecule has 1 N–H and O–H groups in total. The maximum atomic E-state index is 10.1. The molecule has 0 radical (unpaired) electrons. The average Bonchev–Trinajstić information content (AvgIpc) is 3.00. The fourth-order valence-corrected chi connectivity index (χ4v) is 6.59. The van der Waals surface area contributed by atoms with Gasteiger partial charge in [-0.25, -0.2) is 0 Å². The van der Waals surface area contributed by atoms with E-state index in [1.54, 1.807) is 11.1 Å². The summed E-state index contributed by atoms with van der Waals surface area (Å²) >= 11 is 0. The molecular formula is C24H29NO. The van der Waals surface area contributed by atoms with Crippen molar-refractivity contribution in [2.75, 3.05) is 0 Å². The van der Waals surface area contributed by atoms with Crippen LogP contribution in [-0.4, -0.2) is 16.2 Å². The molecule has 1 aromatic heterocycles. The number of hydrogen-bond acceptors (Lipinski definition) is 2. The van der Waals surface area contributed by atoms with Crippen LogP contribution in [0.2, 0.25) is 0 Å². The first kappa shape index (κ1) is 16.5. The maximum absolute atomic E-state index is 10.1. The standard InChI is InChI=1S/C24H29NO/c1-23-11-9-18(26)14-17(23)5-6-19-21-8-7-20(16-4-3-13-25-15-16)24(21,2)12-10-22(19)23/h3-5,7-8,13,15,18-19,22,26H,6,9-12,14H2,1-2H3/t18?,19?,22?,23-,24+/m0/s1. The van der Waals surface area contributed by atoms with Crippen molar-refractivity contribution in [3.63, 3.8) is 0 Å². The van der Waals surface area contributed by atoms with Crippen LogP contribution in [0, 0.1) is 22.7 Å². The molecule has 3 unspecified atom stereocenters. The number of nitrogens with zero attached hydrogens (tertiary/aromatic N) is 1. The summed E-state index contributed by atoms with van der Waals surface area (Å²) in [5, 5.41) is 10.1. The minimum absolute atomic E-state index is 0.121. The molecule has 5 atom stereocenters. The van der Waals surface area contributed by atoms with Gasteiger partial charge in [0.1, 0.15) is 0 Å². The van der Waals surface area contributed by atoms with Crippen molar-refractivity contribution in [1.29, 1.82) is 0 Å². The summed E-state index contributed by atoms with van der Waals surface area (Å²) in [5.41, 5.74) is 6.38. The van der Waals surface area contributed by atoms with E-state index in [2.05, 4.69) is 43.1 Å². The molecule has 4 aliphatic carbocycles. The van der Waals surface area contributed by atoms with Crippen molar-refractivity contribution in [3.8, 4) is 0 Å². The highest BCUT2D eigenvalue weighted by molar-refractivity contribution is 5.78. The predicted molar refractivity (Wildman–Crippen MR) is 105 cm³/mol. The van der Waals surface area contributed by atoms with Gasteiger partial charge in [-0.1, -0.05) is 49.3 Å². The van der Waals surface area contributed by atoms with Crippen molar-refractivity contribution in [2.24, 2.45) is 22.7 Å². The smallest absolute Gasteiger partial charge is 0.0577 e. The van der Waals surface area contributed by atoms with Gasteiger partial charge in [-0.05, 0) is 73.0 Å². The zero-order valence-electron chi connectivity index (χ0n) is 15.9. The molecule has 1 heterocycles. The maximum Gasteiger partial charge on any atom is 0.0577 e. The van der Waals surface area contributed by atoms with Gasteiger partial charge >= 0.3 is 0 Å². The van der Waals surface area contributed by atoms with E-state index in [0.717, 1.165) is 31.6 Å². The molecule has 4 aliphatic rings. The fraction of sp³-hybridized carbons (Fsp3) is 0.542. The van der Waals surface area contributed by atoms with E-state index in [4.69, 9.17) is 0 Å². The molecule has 0 saturated heterocycles. The predicted octanol–water partition coefficient (Wildman–Crippen LogP) is 5.32. The van der Waals surface area contributed by atoms with Crippen molar-refractivity contribution in [2.45, 2.75) is 58.5 Å². The van der Waals surface area contributed by atoms with Gasteiger partial charge in [0, 0.05) is 17.8 Å². The molecule has 2 nitrogen and oxygen atoms in total. The molecule has 2 saturated carbocycles. The van der Waals surface area contributed by atoms with E-state index in [9.17, 15) is 5.11 Å². The molecule has 0 aliphatic heterocycles. The zero-order valence-corrected chi connectivity index (χ0v) is 15.9. The van der Waals surface area contributed by atoms with Gasteiger partial charge in [0.05, 0.1) is 6.10 Å². The number of aromatic nitrogens is 1. The van der Waals surface area contributed by atoms with Crippen molar-refractivity contribution >= 4 is 5.57 Å². The number of pyridine rings is 1. The van der Waals surface area contributed by atoms with Crippen LogP contribution in [0.25, 0.3) is 5.57 Å². The van der Waals surface area contributed by atoms with E-state index < -0.39 is 0 Å². The van der Waals surface area contributed by atoms with Gasteiger partial charge in [-0.2, -0.15) is 0 Å². The number of aliphatic hydroxyl groups excluding tert-OH is 1. The summed E-state index contributed by atoms with van der Waals surface area (Å²) in [6, 6.07) is 4.25. The number of allylic oxidation sites excluding steroid dienone is 5. The van der Waals surface area contributed by atoms with E-state index in [-0.39, 0.29) is 11.5 Å².